The highest BCUT2D eigenvalue weighted by Gasteiger charge is 2.09. The Hall–Kier alpha value is -1.95. The number of guanidine groups is 1. The summed E-state index contributed by atoms with van der Waals surface area (Å²) in [6.07, 6.45) is 2.33. The summed E-state index contributed by atoms with van der Waals surface area (Å²) in [5.74, 6) is 2.46. The third-order valence-corrected chi connectivity index (χ3v) is 4.66. The van der Waals surface area contributed by atoms with Crippen LogP contribution in [0.5, 0.6) is 11.5 Å². The Labute approximate surface area is 165 Å². The average molecular weight is 379 g/mol. The van der Waals surface area contributed by atoms with E-state index in [-0.39, 0.29) is 0 Å². The zero-order valence-electron chi connectivity index (χ0n) is 18.0. The number of hydrogen-bond acceptors (Lipinski definition) is 4. The van der Waals surface area contributed by atoms with Crippen LogP contribution >= 0.6 is 0 Å². The van der Waals surface area contributed by atoms with Gasteiger partial charge in [-0.25, -0.2) is 0 Å². The van der Waals surface area contributed by atoms with Gasteiger partial charge in [0.2, 0.25) is 0 Å². The monoisotopic (exact) mass is 378 g/mol. The van der Waals surface area contributed by atoms with E-state index in [1.165, 1.54) is 6.42 Å². The van der Waals surface area contributed by atoms with Crippen molar-refractivity contribution in [1.29, 1.82) is 0 Å². The first-order chi connectivity index (χ1) is 13.1. The second kappa shape index (κ2) is 13.3. The van der Waals surface area contributed by atoms with Crippen molar-refractivity contribution in [1.82, 2.24) is 15.1 Å². The molecule has 27 heavy (non-hydrogen) atoms. The van der Waals surface area contributed by atoms with Gasteiger partial charge in [-0.05, 0) is 37.2 Å². The van der Waals surface area contributed by atoms with E-state index in [1.54, 1.807) is 7.11 Å². The lowest BCUT2D eigenvalue weighted by Gasteiger charge is -2.22. The Morgan fingerprint density at radius 1 is 1.11 bits per heavy atom. The van der Waals surface area contributed by atoms with Gasteiger partial charge in [0.15, 0.2) is 17.5 Å². The number of methoxy groups -OCH3 is 1. The van der Waals surface area contributed by atoms with Crippen molar-refractivity contribution in [2.45, 2.75) is 40.2 Å². The minimum Gasteiger partial charge on any atom is -0.493 e. The highest BCUT2D eigenvalue weighted by atomic mass is 16.5. The first-order valence-electron chi connectivity index (χ1n) is 10.0. The van der Waals surface area contributed by atoms with Gasteiger partial charge in [0.05, 0.1) is 7.11 Å². The van der Waals surface area contributed by atoms with Crippen molar-refractivity contribution < 1.29 is 9.47 Å². The van der Waals surface area contributed by atoms with Crippen LogP contribution in [-0.2, 0) is 6.54 Å². The standard InChI is InChI=1S/C21H38N4O2/c1-7-10-13-24(5)21(22-4)23-17-18-11-12-19(20(16-18)26-6)27-15-14-25(8-2)9-3/h11-12,16H,7-10,13-15,17H2,1-6H3,(H,22,23). The molecule has 0 radical (unpaired) electrons. The summed E-state index contributed by atoms with van der Waals surface area (Å²) < 4.78 is 11.5. The number of rotatable bonds is 12. The maximum atomic E-state index is 5.93. The molecule has 0 amide bonds. The lowest BCUT2D eigenvalue weighted by Crippen LogP contribution is -2.38. The third-order valence-electron chi connectivity index (χ3n) is 4.66. The van der Waals surface area contributed by atoms with Crippen molar-refractivity contribution in [3.05, 3.63) is 23.8 Å². The number of likely N-dealkylation sites (N-methyl/N-ethyl adjacent to an activating group) is 1. The zero-order chi connectivity index (χ0) is 20.1. The van der Waals surface area contributed by atoms with E-state index in [2.05, 4.69) is 54.0 Å². The molecule has 0 heterocycles. The molecule has 0 aromatic heterocycles. The molecule has 0 fully saturated rings. The first kappa shape index (κ1) is 23.1. The molecule has 1 aromatic rings. The highest BCUT2D eigenvalue weighted by Crippen LogP contribution is 2.28. The average Bonchev–Trinajstić information content (AvgIpc) is 2.70. The van der Waals surface area contributed by atoms with Crippen LogP contribution in [0.2, 0.25) is 0 Å². The van der Waals surface area contributed by atoms with E-state index in [0.717, 1.165) is 55.6 Å². The summed E-state index contributed by atoms with van der Waals surface area (Å²) >= 11 is 0. The fourth-order valence-electron chi connectivity index (χ4n) is 2.83. The second-order valence-corrected chi connectivity index (χ2v) is 6.54. The number of nitrogens with one attached hydrogen (secondary N) is 1. The Balaban J connectivity index is 2.62. The molecule has 0 saturated heterocycles. The van der Waals surface area contributed by atoms with Gasteiger partial charge in [0, 0.05) is 33.7 Å². The largest absolute Gasteiger partial charge is 0.493 e. The van der Waals surface area contributed by atoms with Gasteiger partial charge in [0.25, 0.3) is 0 Å². The van der Waals surface area contributed by atoms with E-state index >= 15 is 0 Å². The molecule has 0 atom stereocenters. The summed E-state index contributed by atoms with van der Waals surface area (Å²) in [5, 5.41) is 3.41. The predicted octanol–water partition coefficient (Wildman–Crippen LogP) is 3.22. The fraction of sp³-hybridized carbons (Fsp3) is 0.667. The van der Waals surface area contributed by atoms with E-state index in [0.29, 0.717) is 13.2 Å². The number of nitrogens with zero attached hydrogens (tertiary/aromatic N) is 3. The van der Waals surface area contributed by atoms with E-state index in [4.69, 9.17) is 9.47 Å². The molecule has 0 bridgehead atoms. The summed E-state index contributed by atoms with van der Waals surface area (Å²) in [7, 11) is 5.57. The zero-order valence-corrected chi connectivity index (χ0v) is 18.0. The summed E-state index contributed by atoms with van der Waals surface area (Å²) in [6.45, 7) is 11.9. The Morgan fingerprint density at radius 2 is 1.85 bits per heavy atom. The van der Waals surface area contributed by atoms with Crippen LogP contribution in [-0.4, -0.2) is 69.8 Å². The molecular weight excluding hydrogens is 340 g/mol. The molecule has 1 aromatic carbocycles. The van der Waals surface area contributed by atoms with Crippen molar-refractivity contribution in [3.8, 4) is 11.5 Å². The lowest BCUT2D eigenvalue weighted by atomic mass is 10.2. The van der Waals surface area contributed by atoms with Crippen molar-refractivity contribution in [3.63, 3.8) is 0 Å². The van der Waals surface area contributed by atoms with Crippen LogP contribution < -0.4 is 14.8 Å². The normalized spacial score (nSPS) is 11.6. The second-order valence-electron chi connectivity index (χ2n) is 6.54. The third kappa shape index (κ3) is 8.08. The summed E-state index contributed by atoms with van der Waals surface area (Å²) in [5.41, 5.74) is 1.13. The fourth-order valence-corrected chi connectivity index (χ4v) is 2.83. The molecule has 0 spiro atoms. The minimum atomic E-state index is 0.657. The molecule has 1 rings (SSSR count). The molecule has 1 N–H and O–H groups in total. The van der Waals surface area contributed by atoms with Gasteiger partial charge in [-0.15, -0.1) is 0 Å². The highest BCUT2D eigenvalue weighted by molar-refractivity contribution is 5.79. The topological polar surface area (TPSA) is 49.3 Å². The number of ether oxygens (including phenoxy) is 2. The van der Waals surface area contributed by atoms with E-state index < -0.39 is 0 Å². The molecule has 6 heteroatoms. The summed E-state index contributed by atoms with van der Waals surface area (Å²) in [6, 6.07) is 6.09. The van der Waals surface area contributed by atoms with Crippen LogP contribution in [0, 0.1) is 0 Å². The molecule has 0 aliphatic rings. The van der Waals surface area contributed by atoms with Gasteiger partial charge in [0.1, 0.15) is 6.61 Å². The van der Waals surface area contributed by atoms with Gasteiger partial charge < -0.3 is 24.6 Å². The van der Waals surface area contributed by atoms with Crippen molar-refractivity contribution in [2.75, 3.05) is 54.0 Å². The molecule has 154 valence electrons. The van der Waals surface area contributed by atoms with Crippen LogP contribution in [0.15, 0.2) is 23.2 Å². The van der Waals surface area contributed by atoms with Gasteiger partial charge in [-0.3, -0.25) is 4.99 Å². The SMILES string of the molecule is CCCCN(C)C(=NC)NCc1ccc(OCCN(CC)CC)c(OC)c1. The molecule has 0 unspecified atom stereocenters. The number of aliphatic imine (C=N–C) groups is 1. The van der Waals surface area contributed by atoms with Gasteiger partial charge in [-0.1, -0.05) is 33.3 Å². The van der Waals surface area contributed by atoms with Crippen molar-refractivity contribution >= 4 is 5.96 Å². The number of unbranched alkanes of at least 4 members (excludes halogenated alkanes) is 1. The Bertz CT molecular complexity index is 559. The number of hydrogen-bond donors (Lipinski definition) is 1. The quantitative estimate of drug-likeness (QED) is 0.447. The Morgan fingerprint density at radius 3 is 2.44 bits per heavy atom. The van der Waals surface area contributed by atoms with Crippen LogP contribution in [0.3, 0.4) is 0 Å². The molecule has 0 aliphatic heterocycles. The molecule has 0 saturated carbocycles. The summed E-state index contributed by atoms with van der Waals surface area (Å²) in [4.78, 5) is 8.86. The smallest absolute Gasteiger partial charge is 0.193 e. The first-order valence-corrected chi connectivity index (χ1v) is 10.0. The maximum absolute atomic E-state index is 5.93. The van der Waals surface area contributed by atoms with Crippen LogP contribution in [0.4, 0.5) is 0 Å². The minimum absolute atomic E-state index is 0.657. The lowest BCUT2D eigenvalue weighted by molar-refractivity contribution is 0.217. The molecule has 0 aliphatic carbocycles. The van der Waals surface area contributed by atoms with Gasteiger partial charge in [-0.2, -0.15) is 0 Å². The van der Waals surface area contributed by atoms with Crippen molar-refractivity contribution in [2.24, 2.45) is 4.99 Å². The molecular formula is C21H38N4O2. The van der Waals surface area contributed by atoms with Crippen LogP contribution in [0.25, 0.3) is 0 Å². The molecule has 6 nitrogen and oxygen atoms in total. The predicted molar refractivity (Wildman–Crippen MR) is 114 cm³/mol. The Kier molecular flexibility index (Phi) is 11.3. The number of benzene rings is 1. The van der Waals surface area contributed by atoms with Crippen LogP contribution in [0.1, 0.15) is 39.2 Å². The van der Waals surface area contributed by atoms with Gasteiger partial charge >= 0.3 is 0 Å². The van der Waals surface area contributed by atoms with E-state index in [1.807, 2.05) is 19.2 Å². The maximum Gasteiger partial charge on any atom is 0.193 e. The van der Waals surface area contributed by atoms with E-state index in [9.17, 15) is 0 Å².